The third-order valence-electron chi connectivity index (χ3n) is 3.75. The van der Waals surface area contributed by atoms with Gasteiger partial charge >= 0.3 is 0 Å². The standard InChI is InChI=1S/C14H17BrN4O/c1-2-19-14(11(15)7-17-19)13(18-16)10-8-20-12-6-4-3-5-9(10)12/h3-7,10,13,18H,2,8,16H2,1H3. The lowest BCUT2D eigenvalue weighted by molar-refractivity contribution is 0.294. The van der Waals surface area contributed by atoms with E-state index in [9.17, 15) is 0 Å². The van der Waals surface area contributed by atoms with E-state index >= 15 is 0 Å². The van der Waals surface area contributed by atoms with Crippen molar-refractivity contribution < 1.29 is 4.74 Å². The first kappa shape index (κ1) is 13.6. The zero-order valence-electron chi connectivity index (χ0n) is 11.2. The maximum Gasteiger partial charge on any atom is 0.122 e. The van der Waals surface area contributed by atoms with Crippen molar-refractivity contribution in [3.05, 3.63) is 46.2 Å². The molecule has 6 heteroatoms. The molecule has 0 radical (unpaired) electrons. The first-order chi connectivity index (χ1) is 9.76. The van der Waals surface area contributed by atoms with Crippen LogP contribution in [0.15, 0.2) is 34.9 Å². The number of nitrogens with one attached hydrogen (secondary N) is 1. The number of para-hydroxylation sites is 1. The van der Waals surface area contributed by atoms with Crippen LogP contribution in [0.2, 0.25) is 0 Å². The van der Waals surface area contributed by atoms with Crippen LogP contribution in [0.1, 0.15) is 30.1 Å². The molecule has 0 saturated heterocycles. The lowest BCUT2D eigenvalue weighted by Gasteiger charge is -2.23. The molecule has 0 bridgehead atoms. The van der Waals surface area contributed by atoms with Gasteiger partial charge in [0.1, 0.15) is 5.75 Å². The summed E-state index contributed by atoms with van der Waals surface area (Å²) in [6, 6.07) is 8.06. The fraction of sp³-hybridized carbons (Fsp3) is 0.357. The molecule has 2 atom stereocenters. The number of nitrogens with zero attached hydrogens (tertiary/aromatic N) is 2. The monoisotopic (exact) mass is 336 g/mol. The van der Waals surface area contributed by atoms with Crippen molar-refractivity contribution in [2.24, 2.45) is 5.84 Å². The van der Waals surface area contributed by atoms with Gasteiger partial charge in [0, 0.05) is 18.0 Å². The molecule has 106 valence electrons. The van der Waals surface area contributed by atoms with Crippen LogP contribution in [-0.2, 0) is 6.54 Å². The highest BCUT2D eigenvalue weighted by molar-refractivity contribution is 9.10. The second-order valence-electron chi connectivity index (χ2n) is 4.79. The molecule has 0 amide bonds. The molecule has 0 saturated carbocycles. The molecule has 2 heterocycles. The normalized spacial score (nSPS) is 18.6. The minimum atomic E-state index is -0.0459. The second kappa shape index (κ2) is 5.55. The average Bonchev–Trinajstić information content (AvgIpc) is 3.06. The second-order valence-corrected chi connectivity index (χ2v) is 5.65. The zero-order valence-corrected chi connectivity index (χ0v) is 12.8. The van der Waals surface area contributed by atoms with E-state index < -0.39 is 0 Å². The van der Waals surface area contributed by atoms with Gasteiger partial charge in [-0.25, -0.2) is 0 Å². The number of aromatic nitrogens is 2. The smallest absolute Gasteiger partial charge is 0.122 e. The molecule has 20 heavy (non-hydrogen) atoms. The van der Waals surface area contributed by atoms with Crippen LogP contribution in [0, 0.1) is 0 Å². The van der Waals surface area contributed by atoms with Gasteiger partial charge in [-0.3, -0.25) is 16.0 Å². The number of aryl methyl sites for hydroxylation is 1. The van der Waals surface area contributed by atoms with Gasteiger partial charge in [-0.15, -0.1) is 0 Å². The van der Waals surface area contributed by atoms with E-state index in [1.807, 2.05) is 29.1 Å². The van der Waals surface area contributed by atoms with Crippen LogP contribution in [0.4, 0.5) is 0 Å². The van der Waals surface area contributed by atoms with Crippen molar-refractivity contribution in [2.75, 3.05) is 6.61 Å². The van der Waals surface area contributed by atoms with Crippen LogP contribution in [0.5, 0.6) is 5.75 Å². The highest BCUT2D eigenvalue weighted by Crippen LogP contribution is 2.42. The maximum absolute atomic E-state index is 5.83. The number of fused-ring (bicyclic) bond motifs is 1. The Labute approximate surface area is 126 Å². The van der Waals surface area contributed by atoms with E-state index in [0.717, 1.165) is 22.5 Å². The molecule has 2 aromatic rings. The Bertz CT molecular complexity index is 613. The van der Waals surface area contributed by atoms with E-state index in [1.54, 1.807) is 0 Å². The van der Waals surface area contributed by atoms with Crippen molar-refractivity contribution in [3.63, 3.8) is 0 Å². The predicted octanol–water partition coefficient (Wildman–Crippen LogP) is 2.35. The minimum absolute atomic E-state index is 0.0459. The Morgan fingerprint density at radius 2 is 2.35 bits per heavy atom. The molecule has 1 aromatic carbocycles. The van der Waals surface area contributed by atoms with E-state index in [1.165, 1.54) is 5.56 Å². The highest BCUT2D eigenvalue weighted by Gasteiger charge is 2.34. The van der Waals surface area contributed by atoms with Crippen LogP contribution < -0.4 is 16.0 Å². The zero-order chi connectivity index (χ0) is 14.1. The van der Waals surface area contributed by atoms with Crippen LogP contribution in [0.25, 0.3) is 0 Å². The molecular formula is C14H17BrN4O. The Kier molecular flexibility index (Phi) is 3.78. The van der Waals surface area contributed by atoms with E-state index in [2.05, 4.69) is 39.4 Å². The van der Waals surface area contributed by atoms with E-state index in [-0.39, 0.29) is 12.0 Å². The summed E-state index contributed by atoms with van der Waals surface area (Å²) in [5, 5.41) is 4.36. The summed E-state index contributed by atoms with van der Waals surface area (Å²) in [6.07, 6.45) is 1.81. The molecule has 0 aliphatic carbocycles. The lowest BCUT2D eigenvalue weighted by atomic mass is 9.91. The van der Waals surface area contributed by atoms with Gasteiger partial charge in [-0.05, 0) is 28.9 Å². The summed E-state index contributed by atoms with van der Waals surface area (Å²) in [5.41, 5.74) is 5.17. The van der Waals surface area contributed by atoms with E-state index in [0.29, 0.717) is 6.61 Å². The van der Waals surface area contributed by atoms with Crippen molar-refractivity contribution >= 4 is 15.9 Å². The summed E-state index contributed by atoms with van der Waals surface area (Å²) in [7, 11) is 0. The third kappa shape index (κ3) is 2.13. The summed E-state index contributed by atoms with van der Waals surface area (Å²) in [5.74, 6) is 6.94. The van der Waals surface area contributed by atoms with Crippen LogP contribution >= 0.6 is 15.9 Å². The molecule has 3 rings (SSSR count). The van der Waals surface area contributed by atoms with Crippen molar-refractivity contribution in [3.8, 4) is 5.75 Å². The van der Waals surface area contributed by atoms with Gasteiger partial charge < -0.3 is 4.74 Å². The minimum Gasteiger partial charge on any atom is -0.493 e. The molecule has 3 N–H and O–H groups in total. The quantitative estimate of drug-likeness (QED) is 0.664. The van der Waals surface area contributed by atoms with Crippen molar-refractivity contribution in [1.82, 2.24) is 15.2 Å². The lowest BCUT2D eigenvalue weighted by Crippen LogP contribution is -2.35. The Morgan fingerprint density at radius 3 is 3.10 bits per heavy atom. The van der Waals surface area contributed by atoms with Gasteiger partial charge in [0.05, 0.1) is 29.0 Å². The largest absolute Gasteiger partial charge is 0.493 e. The summed E-state index contributed by atoms with van der Waals surface area (Å²) in [4.78, 5) is 0. The molecule has 1 aliphatic heterocycles. The predicted molar refractivity (Wildman–Crippen MR) is 80.3 cm³/mol. The summed E-state index contributed by atoms with van der Waals surface area (Å²) in [6.45, 7) is 3.49. The number of benzene rings is 1. The molecule has 5 nitrogen and oxygen atoms in total. The number of hydrogen-bond acceptors (Lipinski definition) is 4. The Morgan fingerprint density at radius 1 is 1.55 bits per heavy atom. The fourth-order valence-corrected chi connectivity index (χ4v) is 3.33. The van der Waals surface area contributed by atoms with E-state index in [4.69, 9.17) is 10.6 Å². The molecule has 0 spiro atoms. The molecule has 1 aromatic heterocycles. The number of halogens is 1. The first-order valence-corrected chi connectivity index (χ1v) is 7.44. The molecule has 1 aliphatic rings. The molecular weight excluding hydrogens is 320 g/mol. The summed E-state index contributed by atoms with van der Waals surface area (Å²) < 4.78 is 8.68. The maximum atomic E-state index is 5.83. The molecule has 2 unspecified atom stereocenters. The first-order valence-electron chi connectivity index (χ1n) is 6.65. The van der Waals surface area contributed by atoms with Crippen molar-refractivity contribution in [2.45, 2.75) is 25.4 Å². The number of ether oxygens (including phenoxy) is 1. The SMILES string of the molecule is CCn1ncc(Br)c1C(NN)C1COc2ccccc21. The Hall–Kier alpha value is -1.37. The van der Waals surface area contributed by atoms with Gasteiger partial charge in [0.15, 0.2) is 0 Å². The summed E-state index contributed by atoms with van der Waals surface area (Å²) >= 11 is 3.57. The van der Waals surface area contributed by atoms with Gasteiger partial charge in [0.25, 0.3) is 0 Å². The Balaban J connectivity index is 2.01. The molecule has 0 fully saturated rings. The van der Waals surface area contributed by atoms with Gasteiger partial charge in [-0.2, -0.15) is 5.10 Å². The van der Waals surface area contributed by atoms with Gasteiger partial charge in [0.2, 0.25) is 0 Å². The van der Waals surface area contributed by atoms with Crippen LogP contribution in [-0.4, -0.2) is 16.4 Å². The van der Waals surface area contributed by atoms with Gasteiger partial charge in [-0.1, -0.05) is 18.2 Å². The fourth-order valence-electron chi connectivity index (χ4n) is 2.78. The topological polar surface area (TPSA) is 65.1 Å². The number of hydrogen-bond donors (Lipinski definition) is 2. The third-order valence-corrected chi connectivity index (χ3v) is 4.36. The number of nitrogens with two attached hydrogens (primary N) is 1. The number of hydrazine groups is 1. The van der Waals surface area contributed by atoms with Crippen LogP contribution in [0.3, 0.4) is 0 Å². The average molecular weight is 337 g/mol. The van der Waals surface area contributed by atoms with Crippen molar-refractivity contribution in [1.29, 1.82) is 0 Å². The highest BCUT2D eigenvalue weighted by atomic mass is 79.9. The number of rotatable bonds is 4.